The molecule has 0 amide bonds. The summed E-state index contributed by atoms with van der Waals surface area (Å²) in [5.41, 5.74) is 11.5. The van der Waals surface area contributed by atoms with Crippen LogP contribution in [0.4, 0.5) is 5.82 Å². The number of nitrogens with two attached hydrogens (primary N) is 1. The van der Waals surface area contributed by atoms with E-state index < -0.39 is 0 Å². The number of anilines is 1. The van der Waals surface area contributed by atoms with Crippen molar-refractivity contribution in [2.75, 3.05) is 33.0 Å². The van der Waals surface area contributed by atoms with Gasteiger partial charge in [-0.15, -0.1) is 0 Å². The Bertz CT molecular complexity index is 1030. The molecule has 7 nitrogen and oxygen atoms in total. The molecule has 1 fully saturated rings. The Labute approximate surface area is 171 Å². The van der Waals surface area contributed by atoms with Gasteiger partial charge in [0.05, 0.1) is 25.6 Å². The maximum absolute atomic E-state index is 6.24. The van der Waals surface area contributed by atoms with E-state index in [9.17, 15) is 0 Å². The number of likely N-dealkylation sites (tertiary alicyclic amines) is 1. The minimum absolute atomic E-state index is 0.367. The molecule has 3 aromatic rings. The second-order valence-corrected chi connectivity index (χ2v) is 7.87. The molecule has 1 aliphatic heterocycles. The third-order valence-electron chi connectivity index (χ3n) is 5.76. The molecule has 0 aliphatic carbocycles. The summed E-state index contributed by atoms with van der Waals surface area (Å²) in [5.74, 6) is 2.56. The second-order valence-electron chi connectivity index (χ2n) is 7.87. The first kappa shape index (κ1) is 19.5. The molecule has 29 heavy (non-hydrogen) atoms. The monoisotopic (exact) mass is 395 g/mol. The van der Waals surface area contributed by atoms with E-state index in [2.05, 4.69) is 23.0 Å². The fraction of sp³-hybridized carbons (Fsp3) is 0.455. The Morgan fingerprint density at radius 2 is 1.86 bits per heavy atom. The lowest BCUT2D eigenvalue weighted by atomic mass is 9.93. The van der Waals surface area contributed by atoms with E-state index in [4.69, 9.17) is 20.2 Å². The predicted octanol–water partition coefficient (Wildman–Crippen LogP) is 3.33. The average molecular weight is 396 g/mol. The Morgan fingerprint density at radius 1 is 1.10 bits per heavy atom. The van der Waals surface area contributed by atoms with Crippen LogP contribution in [-0.2, 0) is 6.54 Å². The van der Waals surface area contributed by atoms with Gasteiger partial charge in [0.1, 0.15) is 5.82 Å². The summed E-state index contributed by atoms with van der Waals surface area (Å²) in [5, 5.41) is 4.41. The zero-order valence-electron chi connectivity index (χ0n) is 17.6. The number of piperidine rings is 1. The molecule has 0 unspecified atom stereocenters. The molecule has 7 heteroatoms. The number of rotatable bonds is 5. The molecule has 0 radical (unpaired) electrons. The number of nitrogen functional groups attached to an aromatic ring is 1. The number of aryl methyl sites for hydroxylation is 2. The molecule has 4 rings (SSSR count). The first-order valence-electron chi connectivity index (χ1n) is 10.0. The van der Waals surface area contributed by atoms with Gasteiger partial charge in [-0.1, -0.05) is 0 Å². The summed E-state index contributed by atoms with van der Waals surface area (Å²) in [6.07, 6.45) is 2.26. The quantitative estimate of drug-likeness (QED) is 0.714. The normalized spacial score (nSPS) is 17.6. The first-order valence-corrected chi connectivity index (χ1v) is 10.0. The van der Waals surface area contributed by atoms with Crippen molar-refractivity contribution in [3.63, 3.8) is 0 Å². The van der Waals surface area contributed by atoms with Crippen LogP contribution >= 0.6 is 0 Å². The van der Waals surface area contributed by atoms with E-state index in [1.165, 1.54) is 11.1 Å². The molecule has 154 valence electrons. The molecule has 1 aromatic carbocycles. The van der Waals surface area contributed by atoms with Gasteiger partial charge in [0.15, 0.2) is 17.1 Å². The molecule has 2 N–H and O–H groups in total. The molecular weight excluding hydrogens is 366 g/mol. The number of aromatic nitrogens is 3. The number of methoxy groups -OCH3 is 2. The molecule has 3 heterocycles. The zero-order chi connectivity index (χ0) is 20.5. The lowest BCUT2D eigenvalue weighted by molar-refractivity contribution is 0.198. The van der Waals surface area contributed by atoms with Crippen LogP contribution in [0.25, 0.3) is 5.65 Å². The average Bonchev–Trinajstić information content (AvgIpc) is 3.10. The van der Waals surface area contributed by atoms with Gasteiger partial charge in [-0.25, -0.2) is 4.98 Å². The van der Waals surface area contributed by atoms with Gasteiger partial charge in [-0.05, 0) is 56.5 Å². The van der Waals surface area contributed by atoms with Crippen molar-refractivity contribution in [1.29, 1.82) is 0 Å². The molecule has 2 aromatic heterocycles. The summed E-state index contributed by atoms with van der Waals surface area (Å²) in [6, 6.07) is 8.10. The Morgan fingerprint density at radius 3 is 2.62 bits per heavy atom. The molecule has 1 aliphatic rings. The highest BCUT2D eigenvalue weighted by atomic mass is 16.5. The summed E-state index contributed by atoms with van der Waals surface area (Å²) < 4.78 is 12.6. The van der Waals surface area contributed by atoms with E-state index >= 15 is 0 Å². The van der Waals surface area contributed by atoms with E-state index in [-0.39, 0.29) is 0 Å². The minimum Gasteiger partial charge on any atom is -0.493 e. The first-order chi connectivity index (χ1) is 14.0. The third kappa shape index (κ3) is 3.87. The SMILES string of the molecule is COc1cc(C)c(CN2CCC[C@H](c3cc(N)n4nc(C)cc4n3)C2)cc1OC. The van der Waals surface area contributed by atoms with Crippen molar-refractivity contribution in [2.45, 2.75) is 39.2 Å². The van der Waals surface area contributed by atoms with E-state index in [0.29, 0.717) is 11.7 Å². The van der Waals surface area contributed by atoms with Crippen LogP contribution in [0, 0.1) is 13.8 Å². The van der Waals surface area contributed by atoms with Crippen LogP contribution in [0.1, 0.15) is 41.3 Å². The topological polar surface area (TPSA) is 77.9 Å². The summed E-state index contributed by atoms with van der Waals surface area (Å²) in [7, 11) is 3.35. The minimum atomic E-state index is 0.367. The highest BCUT2D eigenvalue weighted by molar-refractivity contribution is 5.49. The maximum Gasteiger partial charge on any atom is 0.161 e. The van der Waals surface area contributed by atoms with Gasteiger partial charge in [0, 0.05) is 31.1 Å². The molecule has 1 atom stereocenters. The fourth-order valence-corrected chi connectivity index (χ4v) is 4.22. The van der Waals surface area contributed by atoms with Gasteiger partial charge in [0.25, 0.3) is 0 Å². The largest absolute Gasteiger partial charge is 0.493 e. The smallest absolute Gasteiger partial charge is 0.161 e. The second kappa shape index (κ2) is 7.91. The molecule has 0 bridgehead atoms. The van der Waals surface area contributed by atoms with Crippen LogP contribution in [0.2, 0.25) is 0 Å². The van der Waals surface area contributed by atoms with Crippen molar-refractivity contribution in [1.82, 2.24) is 19.5 Å². The number of hydrogen-bond donors (Lipinski definition) is 1. The number of fused-ring (bicyclic) bond motifs is 1. The fourth-order valence-electron chi connectivity index (χ4n) is 4.22. The van der Waals surface area contributed by atoms with Crippen molar-refractivity contribution in [3.8, 4) is 11.5 Å². The van der Waals surface area contributed by atoms with Crippen LogP contribution in [-0.4, -0.2) is 46.8 Å². The van der Waals surface area contributed by atoms with Gasteiger partial charge >= 0.3 is 0 Å². The summed E-state index contributed by atoms with van der Waals surface area (Å²) in [4.78, 5) is 7.34. The van der Waals surface area contributed by atoms with E-state index in [0.717, 1.165) is 61.0 Å². The van der Waals surface area contributed by atoms with Crippen molar-refractivity contribution >= 4 is 11.5 Å². The Balaban J connectivity index is 1.55. The van der Waals surface area contributed by atoms with Gasteiger partial charge in [-0.3, -0.25) is 4.90 Å². The van der Waals surface area contributed by atoms with Crippen molar-refractivity contribution < 1.29 is 9.47 Å². The van der Waals surface area contributed by atoms with Gasteiger partial charge in [-0.2, -0.15) is 9.61 Å². The Hall–Kier alpha value is -2.80. The third-order valence-corrected chi connectivity index (χ3v) is 5.76. The van der Waals surface area contributed by atoms with Gasteiger partial charge < -0.3 is 15.2 Å². The maximum atomic E-state index is 6.24. The molecule has 0 saturated carbocycles. The summed E-state index contributed by atoms with van der Waals surface area (Å²) >= 11 is 0. The standard InChI is InChI=1S/C22H29N5O2/c1-14-8-19(28-3)20(29-4)10-17(14)13-26-7-5-6-16(12-26)18-11-21(23)27-22(24-18)9-15(2)25-27/h8-11,16H,5-7,12-13,23H2,1-4H3/t16-/m0/s1. The van der Waals surface area contributed by atoms with Crippen molar-refractivity contribution in [2.24, 2.45) is 0 Å². The van der Waals surface area contributed by atoms with Crippen LogP contribution in [0.3, 0.4) is 0 Å². The van der Waals surface area contributed by atoms with Crippen LogP contribution in [0.5, 0.6) is 11.5 Å². The van der Waals surface area contributed by atoms with Gasteiger partial charge in [0.2, 0.25) is 0 Å². The van der Waals surface area contributed by atoms with Crippen LogP contribution in [0.15, 0.2) is 24.3 Å². The molecular formula is C22H29N5O2. The lowest BCUT2D eigenvalue weighted by Crippen LogP contribution is -2.34. The molecule has 1 saturated heterocycles. The number of hydrogen-bond acceptors (Lipinski definition) is 6. The number of ether oxygens (including phenoxy) is 2. The van der Waals surface area contributed by atoms with Crippen LogP contribution < -0.4 is 15.2 Å². The summed E-state index contributed by atoms with van der Waals surface area (Å²) in [6.45, 7) is 7.00. The number of nitrogens with zero attached hydrogens (tertiary/aromatic N) is 4. The lowest BCUT2D eigenvalue weighted by Gasteiger charge is -2.33. The highest BCUT2D eigenvalue weighted by Gasteiger charge is 2.24. The number of benzene rings is 1. The highest BCUT2D eigenvalue weighted by Crippen LogP contribution is 2.33. The Kier molecular flexibility index (Phi) is 5.32. The predicted molar refractivity (Wildman–Crippen MR) is 114 cm³/mol. The van der Waals surface area contributed by atoms with E-state index in [1.54, 1.807) is 18.7 Å². The van der Waals surface area contributed by atoms with Crippen molar-refractivity contribution in [3.05, 3.63) is 46.8 Å². The van der Waals surface area contributed by atoms with E-state index in [1.807, 2.05) is 25.1 Å². The zero-order valence-corrected chi connectivity index (χ0v) is 17.6. The molecule has 0 spiro atoms.